The van der Waals surface area contributed by atoms with Crippen LogP contribution in [0.4, 0.5) is 4.39 Å². The van der Waals surface area contributed by atoms with Gasteiger partial charge in [-0.1, -0.05) is 12.1 Å². The molecule has 26 heavy (non-hydrogen) atoms. The summed E-state index contributed by atoms with van der Waals surface area (Å²) in [5, 5.41) is 0. The Bertz CT molecular complexity index is 895. The minimum atomic E-state index is -0.627. The zero-order chi connectivity index (χ0) is 18.7. The molecule has 0 aliphatic carbocycles. The minimum absolute atomic E-state index is 0.0688. The van der Waals surface area contributed by atoms with Gasteiger partial charge in [-0.05, 0) is 35.9 Å². The lowest BCUT2D eigenvalue weighted by Crippen LogP contribution is -2.06. The highest BCUT2D eigenvalue weighted by Gasteiger charge is 2.26. The average Bonchev–Trinajstić information content (AvgIpc) is 3.01. The fraction of sp³-hybridized carbons (Fsp3) is 0.158. The predicted molar refractivity (Wildman–Crippen MR) is 93.1 cm³/mol. The van der Waals surface area contributed by atoms with Crippen molar-refractivity contribution in [2.75, 3.05) is 21.3 Å². The van der Waals surface area contributed by atoms with Crippen molar-refractivity contribution in [1.82, 2.24) is 0 Å². The van der Waals surface area contributed by atoms with Gasteiger partial charge in [0.2, 0.25) is 11.6 Å². The molecule has 2 aromatic rings. The molecule has 7 heteroatoms. The van der Waals surface area contributed by atoms with Crippen molar-refractivity contribution in [3.05, 3.63) is 59.0 Å². The topological polar surface area (TPSA) is 66.4 Å². The molecule has 0 spiro atoms. The molecule has 134 valence electrons. The Balaban J connectivity index is 2.01. The van der Waals surface area contributed by atoms with E-state index in [2.05, 4.69) is 4.99 Å². The van der Waals surface area contributed by atoms with Crippen molar-refractivity contribution in [1.29, 1.82) is 0 Å². The van der Waals surface area contributed by atoms with Crippen LogP contribution in [0, 0.1) is 5.82 Å². The molecule has 0 amide bonds. The Morgan fingerprint density at radius 1 is 1.04 bits per heavy atom. The standard InChI is InChI=1S/C19H16FNO5/c1-23-15-9-12(10-16(24-2)17(15)25-3)18-21-14(19(22)26-18)8-11-5-4-6-13(20)7-11/h4-10H,1-3H3/b14-8-. The fourth-order valence-electron chi connectivity index (χ4n) is 2.49. The Kier molecular flexibility index (Phi) is 4.88. The number of carbonyl (C=O) groups is 1. The summed E-state index contributed by atoms with van der Waals surface area (Å²) >= 11 is 0. The van der Waals surface area contributed by atoms with E-state index in [1.165, 1.54) is 39.5 Å². The van der Waals surface area contributed by atoms with Crippen LogP contribution in [0.5, 0.6) is 17.2 Å². The van der Waals surface area contributed by atoms with Crippen LogP contribution in [0.3, 0.4) is 0 Å². The maximum Gasteiger partial charge on any atom is 0.363 e. The smallest absolute Gasteiger partial charge is 0.363 e. The molecule has 1 aliphatic heterocycles. The van der Waals surface area contributed by atoms with Gasteiger partial charge in [0.15, 0.2) is 17.2 Å². The largest absolute Gasteiger partial charge is 0.493 e. The van der Waals surface area contributed by atoms with Gasteiger partial charge in [0.1, 0.15) is 5.82 Å². The second-order valence-electron chi connectivity index (χ2n) is 5.31. The van der Waals surface area contributed by atoms with Crippen LogP contribution in [0.1, 0.15) is 11.1 Å². The van der Waals surface area contributed by atoms with Gasteiger partial charge in [0.25, 0.3) is 0 Å². The van der Waals surface area contributed by atoms with Gasteiger partial charge in [0.05, 0.1) is 21.3 Å². The predicted octanol–water partition coefficient (Wildman–Crippen LogP) is 3.20. The molecule has 0 saturated carbocycles. The van der Waals surface area contributed by atoms with Gasteiger partial charge in [-0.25, -0.2) is 14.2 Å². The molecule has 1 heterocycles. The quantitative estimate of drug-likeness (QED) is 0.607. The molecule has 0 N–H and O–H groups in total. The Morgan fingerprint density at radius 2 is 1.73 bits per heavy atom. The van der Waals surface area contributed by atoms with Crippen molar-refractivity contribution in [3.63, 3.8) is 0 Å². The molecular formula is C19H16FNO5. The van der Waals surface area contributed by atoms with Gasteiger partial charge in [0, 0.05) is 5.56 Å². The molecule has 6 nitrogen and oxygen atoms in total. The lowest BCUT2D eigenvalue weighted by Gasteiger charge is -2.13. The van der Waals surface area contributed by atoms with Crippen molar-refractivity contribution in [2.45, 2.75) is 0 Å². The highest BCUT2D eigenvalue weighted by atomic mass is 19.1. The van der Waals surface area contributed by atoms with Crippen molar-refractivity contribution < 1.29 is 28.1 Å². The number of benzene rings is 2. The average molecular weight is 357 g/mol. The zero-order valence-corrected chi connectivity index (χ0v) is 14.4. The number of halogens is 1. The summed E-state index contributed by atoms with van der Waals surface area (Å²) in [4.78, 5) is 16.3. The molecule has 0 aromatic heterocycles. The summed E-state index contributed by atoms with van der Waals surface area (Å²) in [5.41, 5.74) is 1.06. The summed E-state index contributed by atoms with van der Waals surface area (Å²) in [6, 6.07) is 9.08. The van der Waals surface area contributed by atoms with Gasteiger partial charge in [-0.2, -0.15) is 0 Å². The number of nitrogens with zero attached hydrogens (tertiary/aromatic N) is 1. The van der Waals surface area contributed by atoms with Gasteiger partial charge >= 0.3 is 5.97 Å². The number of ether oxygens (including phenoxy) is 4. The SMILES string of the molecule is COc1cc(C2=N/C(=C\c3cccc(F)c3)C(=O)O2)cc(OC)c1OC. The van der Waals surface area contributed by atoms with Crippen LogP contribution in [-0.2, 0) is 9.53 Å². The van der Waals surface area contributed by atoms with Crippen LogP contribution >= 0.6 is 0 Å². The Hall–Kier alpha value is -3.35. The van der Waals surface area contributed by atoms with Crippen LogP contribution in [0.2, 0.25) is 0 Å². The summed E-state index contributed by atoms with van der Waals surface area (Å²) < 4.78 is 34.4. The molecule has 0 bridgehead atoms. The molecule has 0 saturated heterocycles. The number of cyclic esters (lactones) is 1. The third-order valence-electron chi connectivity index (χ3n) is 3.68. The van der Waals surface area contributed by atoms with Crippen molar-refractivity contribution >= 4 is 17.9 Å². The molecule has 0 radical (unpaired) electrons. The molecule has 3 rings (SSSR count). The maximum atomic E-state index is 13.3. The number of esters is 1. The van der Waals surface area contributed by atoms with Crippen LogP contribution in [0.15, 0.2) is 47.1 Å². The first-order valence-electron chi connectivity index (χ1n) is 7.64. The third kappa shape index (κ3) is 3.37. The second kappa shape index (κ2) is 7.26. The van der Waals surface area contributed by atoms with Gasteiger partial charge < -0.3 is 18.9 Å². The summed E-state index contributed by atoms with van der Waals surface area (Å²) in [5.74, 6) is 0.292. The number of methoxy groups -OCH3 is 3. The van der Waals surface area contributed by atoms with Crippen LogP contribution < -0.4 is 14.2 Å². The summed E-state index contributed by atoms with van der Waals surface area (Å²) in [6.45, 7) is 0. The van der Waals surface area contributed by atoms with E-state index < -0.39 is 11.8 Å². The number of aliphatic imine (C=N–C) groups is 1. The Morgan fingerprint density at radius 3 is 2.31 bits per heavy atom. The lowest BCUT2D eigenvalue weighted by atomic mass is 10.1. The highest BCUT2D eigenvalue weighted by molar-refractivity contribution is 6.13. The monoisotopic (exact) mass is 357 g/mol. The first-order valence-corrected chi connectivity index (χ1v) is 7.64. The van der Waals surface area contributed by atoms with Crippen molar-refractivity contribution in [3.8, 4) is 17.2 Å². The molecule has 1 aliphatic rings. The van der Waals surface area contributed by atoms with E-state index >= 15 is 0 Å². The minimum Gasteiger partial charge on any atom is -0.493 e. The van der Waals surface area contributed by atoms with E-state index in [4.69, 9.17) is 18.9 Å². The number of rotatable bonds is 5. The lowest BCUT2D eigenvalue weighted by molar-refractivity contribution is -0.129. The van der Waals surface area contributed by atoms with E-state index in [1.54, 1.807) is 24.3 Å². The van der Waals surface area contributed by atoms with E-state index in [0.29, 0.717) is 28.4 Å². The van der Waals surface area contributed by atoms with E-state index in [-0.39, 0.29) is 11.6 Å². The summed E-state index contributed by atoms with van der Waals surface area (Å²) in [7, 11) is 4.46. The normalized spacial score (nSPS) is 14.8. The first-order chi connectivity index (χ1) is 12.5. The van der Waals surface area contributed by atoms with Gasteiger partial charge in [-0.3, -0.25) is 0 Å². The maximum absolute atomic E-state index is 13.3. The van der Waals surface area contributed by atoms with Crippen molar-refractivity contribution in [2.24, 2.45) is 4.99 Å². The number of hydrogen-bond donors (Lipinski definition) is 0. The third-order valence-corrected chi connectivity index (χ3v) is 3.68. The zero-order valence-electron chi connectivity index (χ0n) is 14.4. The molecular weight excluding hydrogens is 341 g/mol. The van der Waals surface area contributed by atoms with Crippen LogP contribution in [-0.4, -0.2) is 33.2 Å². The first kappa shape index (κ1) is 17.5. The van der Waals surface area contributed by atoms with E-state index in [9.17, 15) is 9.18 Å². The molecule has 2 aromatic carbocycles. The molecule has 0 unspecified atom stereocenters. The molecule has 0 fully saturated rings. The van der Waals surface area contributed by atoms with E-state index in [0.717, 1.165) is 0 Å². The van der Waals surface area contributed by atoms with Gasteiger partial charge in [-0.15, -0.1) is 0 Å². The number of hydrogen-bond acceptors (Lipinski definition) is 6. The van der Waals surface area contributed by atoms with E-state index in [1.807, 2.05) is 0 Å². The second-order valence-corrected chi connectivity index (χ2v) is 5.31. The molecule has 0 atom stereocenters. The fourth-order valence-corrected chi connectivity index (χ4v) is 2.49. The van der Waals surface area contributed by atoms with Crippen LogP contribution in [0.25, 0.3) is 6.08 Å². The summed E-state index contributed by atoms with van der Waals surface area (Å²) in [6.07, 6.45) is 1.45. The Labute approximate surface area is 149 Å². The highest BCUT2D eigenvalue weighted by Crippen LogP contribution is 2.39. The number of carbonyl (C=O) groups excluding carboxylic acids is 1.